The molecular weight excluding hydrogens is 376 g/mol. The number of carbonyl (C=O) groups is 1. The predicted molar refractivity (Wildman–Crippen MR) is 115 cm³/mol. The molecule has 5 rings (SSSR count). The van der Waals surface area contributed by atoms with E-state index >= 15 is 0 Å². The van der Waals surface area contributed by atoms with E-state index in [9.17, 15) is 9.90 Å². The molecular formula is C24H26N4O2. The van der Waals surface area contributed by atoms with Crippen LogP contribution in [0.2, 0.25) is 0 Å². The van der Waals surface area contributed by atoms with Gasteiger partial charge in [0.25, 0.3) is 0 Å². The molecule has 0 amide bonds. The lowest BCUT2D eigenvalue weighted by molar-refractivity contribution is 0.0684. The first-order valence-electron chi connectivity index (χ1n) is 10.6. The number of aryl methyl sites for hydroxylation is 2. The second-order valence-electron chi connectivity index (χ2n) is 8.06. The minimum absolute atomic E-state index is 0.358. The number of aromatic nitrogens is 3. The molecule has 0 atom stereocenters. The minimum atomic E-state index is -0.867. The SMILES string of the molecule is O=C(O)c1cccn1CCN1CCC(=C2c3ccccc3CCn3ccnc32)CC1. The number of likely N-dealkylation sites (tertiary alicyclic amines) is 1. The van der Waals surface area contributed by atoms with Gasteiger partial charge in [0.1, 0.15) is 11.5 Å². The Labute approximate surface area is 176 Å². The Morgan fingerprint density at radius 1 is 0.967 bits per heavy atom. The summed E-state index contributed by atoms with van der Waals surface area (Å²) >= 11 is 0. The van der Waals surface area contributed by atoms with Crippen molar-refractivity contribution in [3.05, 3.63) is 83.2 Å². The number of carboxylic acid groups (broad SMARTS) is 1. The average molecular weight is 402 g/mol. The number of rotatable bonds is 4. The lowest BCUT2D eigenvalue weighted by atomic mass is 9.90. The quantitative estimate of drug-likeness (QED) is 0.725. The van der Waals surface area contributed by atoms with E-state index < -0.39 is 5.97 Å². The Hall–Kier alpha value is -3.12. The van der Waals surface area contributed by atoms with Gasteiger partial charge >= 0.3 is 5.97 Å². The number of benzene rings is 1. The van der Waals surface area contributed by atoms with E-state index in [-0.39, 0.29) is 0 Å². The molecule has 0 saturated carbocycles. The molecule has 154 valence electrons. The van der Waals surface area contributed by atoms with E-state index in [1.807, 2.05) is 17.0 Å². The summed E-state index contributed by atoms with van der Waals surface area (Å²) in [6.07, 6.45) is 8.93. The summed E-state index contributed by atoms with van der Waals surface area (Å²) in [5.74, 6) is 0.232. The molecule has 1 saturated heterocycles. The average Bonchev–Trinajstić information content (AvgIpc) is 3.40. The van der Waals surface area contributed by atoms with Crippen LogP contribution in [0.15, 0.2) is 60.6 Å². The Morgan fingerprint density at radius 2 is 1.80 bits per heavy atom. The van der Waals surface area contributed by atoms with Gasteiger partial charge in [-0.1, -0.05) is 29.8 Å². The zero-order valence-corrected chi connectivity index (χ0v) is 17.0. The standard InChI is InChI=1S/C24H26N4O2/c29-24(30)21-6-3-11-27(21)17-16-26-12-7-19(8-13-26)22-20-5-2-1-4-18(20)9-14-28-15-10-25-23(22)28/h1-6,10-11,15H,7-9,12-14,16-17H2,(H,29,30). The van der Waals surface area contributed by atoms with Crippen LogP contribution in [0.4, 0.5) is 0 Å². The number of fused-ring (bicyclic) bond motifs is 2. The topological polar surface area (TPSA) is 63.3 Å². The van der Waals surface area contributed by atoms with Crippen LogP contribution in [0.1, 0.15) is 40.3 Å². The first kappa shape index (κ1) is 18.9. The third-order valence-electron chi connectivity index (χ3n) is 6.37. The maximum atomic E-state index is 11.3. The Morgan fingerprint density at radius 3 is 2.63 bits per heavy atom. The summed E-state index contributed by atoms with van der Waals surface area (Å²) < 4.78 is 4.11. The molecule has 0 spiro atoms. The smallest absolute Gasteiger partial charge is 0.352 e. The molecule has 1 aromatic carbocycles. The van der Waals surface area contributed by atoms with Crippen molar-refractivity contribution in [3.63, 3.8) is 0 Å². The van der Waals surface area contributed by atoms with Crippen molar-refractivity contribution < 1.29 is 9.90 Å². The van der Waals surface area contributed by atoms with E-state index in [2.05, 4.69) is 39.9 Å². The molecule has 6 heteroatoms. The van der Waals surface area contributed by atoms with Gasteiger partial charge in [0.15, 0.2) is 0 Å². The molecule has 0 aliphatic carbocycles. The minimum Gasteiger partial charge on any atom is -0.477 e. The van der Waals surface area contributed by atoms with Crippen LogP contribution >= 0.6 is 0 Å². The monoisotopic (exact) mass is 402 g/mol. The first-order valence-corrected chi connectivity index (χ1v) is 10.6. The fourth-order valence-corrected chi connectivity index (χ4v) is 4.76. The van der Waals surface area contributed by atoms with Crippen molar-refractivity contribution in [2.45, 2.75) is 32.4 Å². The van der Waals surface area contributed by atoms with Crippen molar-refractivity contribution in [3.8, 4) is 0 Å². The van der Waals surface area contributed by atoms with Gasteiger partial charge in [0, 0.05) is 56.9 Å². The highest BCUT2D eigenvalue weighted by molar-refractivity contribution is 5.85. The molecule has 0 unspecified atom stereocenters. The first-order chi connectivity index (χ1) is 14.7. The van der Waals surface area contributed by atoms with Crippen LogP contribution in [-0.2, 0) is 19.5 Å². The van der Waals surface area contributed by atoms with Crippen LogP contribution in [0.25, 0.3) is 5.57 Å². The summed E-state index contributed by atoms with van der Waals surface area (Å²) in [6.45, 7) is 4.52. The molecule has 1 N–H and O–H groups in total. The Bertz CT molecular complexity index is 1100. The van der Waals surface area contributed by atoms with Gasteiger partial charge in [0.2, 0.25) is 0 Å². The molecule has 1 fully saturated rings. The van der Waals surface area contributed by atoms with E-state index in [1.165, 1.54) is 22.3 Å². The zero-order valence-electron chi connectivity index (χ0n) is 17.0. The third-order valence-corrected chi connectivity index (χ3v) is 6.37. The van der Waals surface area contributed by atoms with Crippen LogP contribution in [0.3, 0.4) is 0 Å². The third kappa shape index (κ3) is 3.48. The highest BCUT2D eigenvalue weighted by Gasteiger charge is 2.25. The largest absolute Gasteiger partial charge is 0.477 e. The Kier molecular flexibility index (Phi) is 5.01. The number of aromatic carboxylic acids is 1. The molecule has 0 bridgehead atoms. The normalized spacial score (nSPS) is 16.8. The number of carboxylic acids is 1. The van der Waals surface area contributed by atoms with Gasteiger partial charge in [0.05, 0.1) is 0 Å². The van der Waals surface area contributed by atoms with Crippen LogP contribution in [0.5, 0.6) is 0 Å². The molecule has 30 heavy (non-hydrogen) atoms. The summed E-state index contributed by atoms with van der Waals surface area (Å²) in [6, 6.07) is 12.2. The van der Waals surface area contributed by atoms with Gasteiger partial charge < -0.3 is 19.1 Å². The molecule has 0 radical (unpaired) electrons. The molecule has 2 aliphatic rings. The van der Waals surface area contributed by atoms with Gasteiger partial charge in [-0.15, -0.1) is 0 Å². The maximum Gasteiger partial charge on any atom is 0.352 e. The fraction of sp³-hybridized carbons (Fsp3) is 0.333. The van der Waals surface area contributed by atoms with E-state index in [0.29, 0.717) is 12.2 Å². The number of piperidine rings is 1. The summed E-state index contributed by atoms with van der Waals surface area (Å²) in [5.41, 5.74) is 5.91. The predicted octanol–water partition coefficient (Wildman–Crippen LogP) is 3.54. The van der Waals surface area contributed by atoms with Crippen molar-refractivity contribution in [2.24, 2.45) is 0 Å². The molecule has 3 aromatic rings. The van der Waals surface area contributed by atoms with Crippen molar-refractivity contribution in [1.29, 1.82) is 0 Å². The summed E-state index contributed by atoms with van der Waals surface area (Å²) in [7, 11) is 0. The number of hydrogen-bond acceptors (Lipinski definition) is 3. The van der Waals surface area contributed by atoms with Crippen molar-refractivity contribution >= 4 is 11.5 Å². The summed E-state index contributed by atoms with van der Waals surface area (Å²) in [4.78, 5) is 18.5. The van der Waals surface area contributed by atoms with E-state index in [1.54, 1.807) is 12.1 Å². The summed E-state index contributed by atoms with van der Waals surface area (Å²) in [5, 5.41) is 9.29. The zero-order chi connectivity index (χ0) is 20.5. The number of nitrogens with zero attached hydrogens (tertiary/aromatic N) is 4. The van der Waals surface area contributed by atoms with Crippen molar-refractivity contribution in [1.82, 2.24) is 19.0 Å². The van der Waals surface area contributed by atoms with Crippen molar-refractivity contribution in [2.75, 3.05) is 19.6 Å². The van der Waals surface area contributed by atoms with Gasteiger partial charge in [-0.3, -0.25) is 0 Å². The van der Waals surface area contributed by atoms with E-state index in [0.717, 1.165) is 51.3 Å². The highest BCUT2D eigenvalue weighted by atomic mass is 16.4. The lowest BCUT2D eigenvalue weighted by Gasteiger charge is -2.30. The fourth-order valence-electron chi connectivity index (χ4n) is 4.76. The van der Waals surface area contributed by atoms with Gasteiger partial charge in [-0.05, 0) is 42.5 Å². The Balaban J connectivity index is 1.35. The van der Waals surface area contributed by atoms with Crippen LogP contribution in [0, 0.1) is 0 Å². The lowest BCUT2D eigenvalue weighted by Crippen LogP contribution is -2.34. The molecule has 4 heterocycles. The van der Waals surface area contributed by atoms with Crippen LogP contribution < -0.4 is 0 Å². The highest BCUT2D eigenvalue weighted by Crippen LogP contribution is 2.35. The molecule has 6 nitrogen and oxygen atoms in total. The van der Waals surface area contributed by atoms with Gasteiger partial charge in [-0.2, -0.15) is 0 Å². The molecule has 2 aromatic heterocycles. The molecule has 2 aliphatic heterocycles. The van der Waals surface area contributed by atoms with E-state index in [4.69, 9.17) is 4.98 Å². The van der Waals surface area contributed by atoms with Gasteiger partial charge in [-0.25, -0.2) is 9.78 Å². The second-order valence-corrected chi connectivity index (χ2v) is 8.06. The maximum absolute atomic E-state index is 11.3. The van der Waals surface area contributed by atoms with Crippen LogP contribution in [-0.4, -0.2) is 49.7 Å². The number of imidazole rings is 1. The second kappa shape index (κ2) is 7.95. The number of hydrogen-bond donors (Lipinski definition) is 1.